The van der Waals surface area contributed by atoms with Crippen molar-refractivity contribution in [2.24, 2.45) is 0 Å². The molecule has 2 N–H and O–H groups in total. The Hall–Kier alpha value is -5.83. The van der Waals surface area contributed by atoms with Gasteiger partial charge in [0.05, 0.1) is 5.69 Å². The van der Waals surface area contributed by atoms with Gasteiger partial charge in [0.15, 0.2) is 5.75 Å². The maximum absolute atomic E-state index is 13.8. The molecule has 192 valence electrons. The lowest BCUT2D eigenvalue weighted by Crippen LogP contribution is -2.40. The predicted octanol–water partition coefficient (Wildman–Crippen LogP) is 5.33. The van der Waals surface area contributed by atoms with Gasteiger partial charge in [-0.25, -0.2) is 4.90 Å². The summed E-state index contributed by atoms with van der Waals surface area (Å²) >= 11 is 0. The minimum atomic E-state index is -0.597. The molecule has 1 aromatic heterocycles. The van der Waals surface area contributed by atoms with E-state index in [4.69, 9.17) is 0 Å². The molecule has 0 fully saturated rings. The second kappa shape index (κ2) is 8.88. The van der Waals surface area contributed by atoms with Crippen LogP contribution in [0.2, 0.25) is 0 Å². The number of anilines is 2. The van der Waals surface area contributed by atoms with Gasteiger partial charge in [0, 0.05) is 33.2 Å². The lowest BCUT2D eigenvalue weighted by atomic mass is 9.92. The first kappa shape index (κ1) is 23.3. The molecule has 0 bridgehead atoms. The van der Waals surface area contributed by atoms with Gasteiger partial charge in [-0.05, 0) is 54.6 Å². The highest BCUT2D eigenvalue weighted by Gasteiger charge is 2.36. The van der Waals surface area contributed by atoms with Gasteiger partial charge in [0.2, 0.25) is 0 Å². The number of phenols is 1. The van der Waals surface area contributed by atoms with Crippen LogP contribution < -0.4 is 10.2 Å². The second-order valence-electron chi connectivity index (χ2n) is 9.28. The summed E-state index contributed by atoms with van der Waals surface area (Å²) in [7, 11) is 0. The fourth-order valence-corrected chi connectivity index (χ4v) is 5.04. The van der Waals surface area contributed by atoms with Gasteiger partial charge in [-0.2, -0.15) is 0 Å². The second-order valence-corrected chi connectivity index (χ2v) is 9.28. The van der Waals surface area contributed by atoms with Gasteiger partial charge in [0.1, 0.15) is 16.7 Å². The Balaban J connectivity index is 1.31. The molecular formula is C31H19N5O4. The van der Waals surface area contributed by atoms with Crippen LogP contribution in [0.1, 0.15) is 31.1 Å². The van der Waals surface area contributed by atoms with E-state index in [0.717, 1.165) is 4.90 Å². The highest BCUT2D eigenvalue weighted by molar-refractivity contribution is 6.37. The summed E-state index contributed by atoms with van der Waals surface area (Å²) in [5, 5.41) is 24.0. The SMILES string of the molecule is O=C(Nc1ccc2c3c(cccc13)C(=O)N(c1cccc(-n3nc4ccccc4n3)c1O)C2=O)c1ccccc1. The van der Waals surface area contributed by atoms with Crippen molar-refractivity contribution in [1.29, 1.82) is 0 Å². The molecule has 0 atom stereocenters. The van der Waals surface area contributed by atoms with Crippen LogP contribution in [-0.2, 0) is 0 Å². The molecule has 2 heterocycles. The molecule has 0 unspecified atom stereocenters. The number of aromatic nitrogens is 3. The van der Waals surface area contributed by atoms with Crippen LogP contribution >= 0.6 is 0 Å². The van der Waals surface area contributed by atoms with Gasteiger partial charge in [-0.15, -0.1) is 15.0 Å². The maximum atomic E-state index is 13.8. The Morgan fingerprint density at radius 2 is 1.30 bits per heavy atom. The van der Waals surface area contributed by atoms with Crippen molar-refractivity contribution in [2.75, 3.05) is 10.2 Å². The Labute approximate surface area is 226 Å². The van der Waals surface area contributed by atoms with Crippen LogP contribution in [0.25, 0.3) is 27.5 Å². The van der Waals surface area contributed by atoms with E-state index < -0.39 is 11.8 Å². The summed E-state index contributed by atoms with van der Waals surface area (Å²) in [6.45, 7) is 0. The van der Waals surface area contributed by atoms with Gasteiger partial charge < -0.3 is 10.4 Å². The summed E-state index contributed by atoms with van der Waals surface area (Å²) in [6, 6.07) is 29.1. The molecule has 6 aromatic rings. The minimum absolute atomic E-state index is 0.0120. The summed E-state index contributed by atoms with van der Waals surface area (Å²) in [5.41, 5.74) is 3.00. The molecule has 1 aliphatic rings. The van der Waals surface area contributed by atoms with Gasteiger partial charge in [-0.1, -0.05) is 48.5 Å². The third-order valence-corrected chi connectivity index (χ3v) is 6.93. The number of hydrogen-bond acceptors (Lipinski definition) is 6. The van der Waals surface area contributed by atoms with E-state index in [1.165, 1.54) is 10.9 Å². The van der Waals surface area contributed by atoms with E-state index in [0.29, 0.717) is 33.1 Å². The fourth-order valence-electron chi connectivity index (χ4n) is 5.04. The van der Waals surface area contributed by atoms with E-state index in [1.807, 2.05) is 18.2 Å². The van der Waals surface area contributed by atoms with Crippen molar-refractivity contribution in [2.45, 2.75) is 0 Å². The molecule has 9 heteroatoms. The van der Waals surface area contributed by atoms with E-state index in [1.54, 1.807) is 78.9 Å². The molecular weight excluding hydrogens is 506 g/mol. The van der Waals surface area contributed by atoms with Crippen molar-refractivity contribution in [3.05, 3.63) is 120 Å². The number of aromatic hydroxyl groups is 1. The first-order valence-corrected chi connectivity index (χ1v) is 12.5. The summed E-state index contributed by atoms with van der Waals surface area (Å²) in [5.74, 6) is -1.81. The lowest BCUT2D eigenvalue weighted by molar-refractivity contribution is 0.0891. The van der Waals surface area contributed by atoms with Gasteiger partial charge in [0.25, 0.3) is 17.7 Å². The molecule has 0 spiro atoms. The highest BCUT2D eigenvalue weighted by Crippen LogP contribution is 2.40. The number of para-hydroxylation sites is 1. The Kier molecular flexibility index (Phi) is 5.17. The Bertz CT molecular complexity index is 1960. The molecule has 7 rings (SSSR count). The van der Waals surface area contributed by atoms with Crippen LogP contribution in [0.5, 0.6) is 5.75 Å². The number of phenolic OH excluding ortho intramolecular Hbond substituents is 1. The highest BCUT2D eigenvalue weighted by atomic mass is 16.3. The number of nitrogens with zero attached hydrogens (tertiary/aromatic N) is 4. The Morgan fingerprint density at radius 3 is 2.02 bits per heavy atom. The van der Waals surface area contributed by atoms with Crippen molar-refractivity contribution in [3.8, 4) is 11.4 Å². The first-order chi connectivity index (χ1) is 19.5. The number of carbonyl (C=O) groups excluding carboxylic acids is 3. The number of fused-ring (bicyclic) bond motifs is 1. The van der Waals surface area contributed by atoms with Crippen LogP contribution in [-0.4, -0.2) is 37.8 Å². The van der Waals surface area contributed by atoms with Crippen molar-refractivity contribution in [3.63, 3.8) is 0 Å². The molecule has 9 nitrogen and oxygen atoms in total. The quantitative estimate of drug-likeness (QED) is 0.300. The minimum Gasteiger partial charge on any atom is -0.504 e. The third-order valence-electron chi connectivity index (χ3n) is 6.93. The molecule has 0 radical (unpaired) electrons. The van der Waals surface area contributed by atoms with E-state index in [-0.39, 0.29) is 34.2 Å². The summed E-state index contributed by atoms with van der Waals surface area (Å²) in [4.78, 5) is 42.6. The van der Waals surface area contributed by atoms with E-state index in [9.17, 15) is 19.5 Å². The molecule has 1 aliphatic heterocycles. The Morgan fingerprint density at radius 1 is 0.675 bits per heavy atom. The monoisotopic (exact) mass is 525 g/mol. The van der Waals surface area contributed by atoms with Crippen LogP contribution in [0.4, 0.5) is 11.4 Å². The van der Waals surface area contributed by atoms with Crippen LogP contribution in [0, 0.1) is 0 Å². The molecule has 40 heavy (non-hydrogen) atoms. The standard InChI is InChI=1S/C31H19N5O4/c37-28-25(14-7-15-26(28)36-33-23-12-4-5-13-24(23)34-36)35-30(39)20-11-6-10-19-22(17-16-21(27(19)20)31(35)40)32-29(38)18-8-2-1-3-9-18/h1-17,37H,(H,32,38). The van der Waals surface area contributed by atoms with Gasteiger partial charge in [-0.3, -0.25) is 14.4 Å². The average molecular weight is 526 g/mol. The zero-order valence-corrected chi connectivity index (χ0v) is 20.8. The first-order valence-electron chi connectivity index (χ1n) is 12.5. The number of benzene rings is 5. The largest absolute Gasteiger partial charge is 0.504 e. The van der Waals surface area contributed by atoms with Crippen LogP contribution in [0.15, 0.2) is 103 Å². The lowest BCUT2D eigenvalue weighted by Gasteiger charge is -2.28. The number of rotatable bonds is 4. The van der Waals surface area contributed by atoms with E-state index in [2.05, 4.69) is 15.5 Å². The number of nitrogens with one attached hydrogen (secondary N) is 1. The molecule has 3 amide bonds. The van der Waals surface area contributed by atoms with Crippen molar-refractivity contribution >= 4 is 50.9 Å². The predicted molar refractivity (Wildman–Crippen MR) is 150 cm³/mol. The van der Waals surface area contributed by atoms with Crippen molar-refractivity contribution in [1.82, 2.24) is 15.0 Å². The molecule has 0 saturated heterocycles. The molecule has 5 aromatic carbocycles. The number of hydrogen-bond donors (Lipinski definition) is 2. The number of amides is 3. The summed E-state index contributed by atoms with van der Waals surface area (Å²) in [6.07, 6.45) is 0. The normalized spacial score (nSPS) is 12.8. The fraction of sp³-hybridized carbons (Fsp3) is 0. The number of carbonyl (C=O) groups is 3. The summed E-state index contributed by atoms with van der Waals surface area (Å²) < 4.78 is 0. The average Bonchev–Trinajstić information content (AvgIpc) is 3.42. The smallest absolute Gasteiger partial charge is 0.266 e. The molecule has 0 saturated carbocycles. The third kappa shape index (κ3) is 3.52. The van der Waals surface area contributed by atoms with Crippen LogP contribution in [0.3, 0.4) is 0 Å². The van der Waals surface area contributed by atoms with Gasteiger partial charge >= 0.3 is 0 Å². The van der Waals surface area contributed by atoms with E-state index >= 15 is 0 Å². The zero-order valence-electron chi connectivity index (χ0n) is 20.8. The topological polar surface area (TPSA) is 117 Å². The molecule has 0 aliphatic carbocycles. The zero-order chi connectivity index (χ0) is 27.4. The number of imide groups is 1. The maximum Gasteiger partial charge on any atom is 0.266 e. The van der Waals surface area contributed by atoms with Crippen molar-refractivity contribution < 1.29 is 19.5 Å².